The van der Waals surface area contributed by atoms with Gasteiger partial charge in [-0.3, -0.25) is 0 Å². The van der Waals surface area contributed by atoms with Gasteiger partial charge in [-0.2, -0.15) is 0 Å². The Kier molecular flexibility index (Phi) is 3.98. The van der Waals surface area contributed by atoms with Crippen molar-refractivity contribution in [2.45, 2.75) is 44.9 Å². The van der Waals surface area contributed by atoms with Crippen molar-refractivity contribution in [1.82, 2.24) is 5.32 Å². The van der Waals surface area contributed by atoms with Gasteiger partial charge in [0, 0.05) is 25.3 Å². The van der Waals surface area contributed by atoms with Gasteiger partial charge in [-0.05, 0) is 26.7 Å². The first-order valence-corrected chi connectivity index (χ1v) is 4.72. The third-order valence-electron chi connectivity index (χ3n) is 2.44. The zero-order valence-electron chi connectivity index (χ0n) is 7.92. The van der Waals surface area contributed by atoms with Crippen molar-refractivity contribution in [1.29, 1.82) is 0 Å². The highest BCUT2D eigenvalue weighted by atomic mass is 16.5. The van der Waals surface area contributed by atoms with Gasteiger partial charge in [0.05, 0.1) is 6.10 Å². The van der Waals surface area contributed by atoms with Crippen molar-refractivity contribution in [3.8, 4) is 0 Å². The molecule has 0 aliphatic carbocycles. The fourth-order valence-electron chi connectivity index (χ4n) is 1.59. The molecule has 1 fully saturated rings. The normalized spacial score (nSPS) is 32.2. The van der Waals surface area contributed by atoms with E-state index in [9.17, 15) is 0 Å². The summed E-state index contributed by atoms with van der Waals surface area (Å²) >= 11 is 0. The second kappa shape index (κ2) is 4.80. The summed E-state index contributed by atoms with van der Waals surface area (Å²) < 4.78 is 5.42. The lowest BCUT2D eigenvalue weighted by atomic mass is 10.1. The van der Waals surface area contributed by atoms with Gasteiger partial charge < -0.3 is 15.2 Å². The van der Waals surface area contributed by atoms with Crippen molar-refractivity contribution >= 4 is 0 Å². The molecule has 1 aliphatic heterocycles. The largest absolute Gasteiger partial charge is 0.396 e. The van der Waals surface area contributed by atoms with E-state index < -0.39 is 0 Å². The quantitative estimate of drug-likeness (QED) is 0.651. The molecule has 3 nitrogen and oxygen atoms in total. The topological polar surface area (TPSA) is 41.5 Å². The van der Waals surface area contributed by atoms with Crippen LogP contribution in [0, 0.1) is 0 Å². The highest BCUT2D eigenvalue weighted by molar-refractivity contribution is 4.81. The van der Waals surface area contributed by atoms with E-state index in [2.05, 4.69) is 19.2 Å². The zero-order chi connectivity index (χ0) is 8.97. The molecule has 0 amide bonds. The molecule has 3 atom stereocenters. The molecule has 2 N–H and O–H groups in total. The molecule has 72 valence electrons. The predicted octanol–water partition coefficient (Wildman–Crippen LogP) is 0.524. The summed E-state index contributed by atoms with van der Waals surface area (Å²) in [5.74, 6) is 0. The summed E-state index contributed by atoms with van der Waals surface area (Å²) in [6.07, 6.45) is 2.24. The first kappa shape index (κ1) is 9.96. The summed E-state index contributed by atoms with van der Waals surface area (Å²) in [7, 11) is 0. The molecule has 0 bridgehead atoms. The van der Waals surface area contributed by atoms with Crippen molar-refractivity contribution in [3.05, 3.63) is 0 Å². The lowest BCUT2D eigenvalue weighted by Gasteiger charge is -2.20. The van der Waals surface area contributed by atoms with Crippen molar-refractivity contribution in [3.63, 3.8) is 0 Å². The molecule has 0 aromatic rings. The fraction of sp³-hybridized carbons (Fsp3) is 1.00. The maximum atomic E-state index is 8.71. The number of ether oxygens (including phenoxy) is 1. The summed E-state index contributed by atoms with van der Waals surface area (Å²) in [5, 5.41) is 12.1. The Hall–Kier alpha value is -0.120. The number of hydrogen-bond donors (Lipinski definition) is 2. The van der Waals surface area contributed by atoms with E-state index in [1.165, 1.54) is 0 Å². The lowest BCUT2D eigenvalue weighted by molar-refractivity contribution is 0.110. The van der Waals surface area contributed by atoms with E-state index in [1.54, 1.807) is 0 Å². The van der Waals surface area contributed by atoms with Crippen molar-refractivity contribution in [2.75, 3.05) is 13.2 Å². The van der Waals surface area contributed by atoms with Crippen LogP contribution in [0.5, 0.6) is 0 Å². The SMILES string of the molecule is CC1OCCC1N[C@H](C)CCO. The molecule has 2 unspecified atom stereocenters. The van der Waals surface area contributed by atoms with Crippen LogP contribution in [0.4, 0.5) is 0 Å². The van der Waals surface area contributed by atoms with Crippen LogP contribution < -0.4 is 5.32 Å². The van der Waals surface area contributed by atoms with Gasteiger partial charge in [-0.25, -0.2) is 0 Å². The average Bonchev–Trinajstić information content (AvgIpc) is 2.37. The number of aliphatic hydroxyl groups excluding tert-OH is 1. The minimum absolute atomic E-state index is 0.260. The van der Waals surface area contributed by atoms with Gasteiger partial charge in [0.1, 0.15) is 0 Å². The molecule has 1 heterocycles. The highest BCUT2D eigenvalue weighted by Gasteiger charge is 2.24. The molecule has 0 saturated carbocycles. The molecule has 0 spiro atoms. The van der Waals surface area contributed by atoms with E-state index in [0.29, 0.717) is 18.2 Å². The van der Waals surface area contributed by atoms with Gasteiger partial charge in [0.2, 0.25) is 0 Å². The van der Waals surface area contributed by atoms with E-state index in [0.717, 1.165) is 19.4 Å². The van der Waals surface area contributed by atoms with Crippen molar-refractivity contribution in [2.24, 2.45) is 0 Å². The molecule has 1 rings (SSSR count). The highest BCUT2D eigenvalue weighted by Crippen LogP contribution is 2.13. The number of hydrogen-bond acceptors (Lipinski definition) is 3. The number of nitrogens with one attached hydrogen (secondary N) is 1. The first-order chi connectivity index (χ1) is 5.74. The van der Waals surface area contributed by atoms with Crippen LogP contribution in [-0.4, -0.2) is 36.5 Å². The molecule has 3 heteroatoms. The Bertz CT molecular complexity index is 130. The van der Waals surface area contributed by atoms with Gasteiger partial charge in [-0.1, -0.05) is 0 Å². The lowest BCUT2D eigenvalue weighted by Crippen LogP contribution is -2.40. The smallest absolute Gasteiger partial charge is 0.0700 e. The summed E-state index contributed by atoms with van der Waals surface area (Å²) in [6.45, 7) is 5.32. The van der Waals surface area contributed by atoms with Crippen LogP contribution in [0.25, 0.3) is 0 Å². The minimum atomic E-state index is 0.260. The van der Waals surface area contributed by atoms with Crippen molar-refractivity contribution < 1.29 is 9.84 Å². The third-order valence-corrected chi connectivity index (χ3v) is 2.44. The Morgan fingerprint density at radius 3 is 2.92 bits per heavy atom. The van der Waals surface area contributed by atoms with Gasteiger partial charge in [0.15, 0.2) is 0 Å². The monoisotopic (exact) mass is 173 g/mol. The standard InChI is InChI=1S/C9H19NO2/c1-7(3-5-11)10-9-4-6-12-8(9)2/h7-11H,3-6H2,1-2H3/t7-,8?,9?/m1/s1. The summed E-state index contributed by atoms with van der Waals surface area (Å²) in [6, 6.07) is 0.871. The number of aliphatic hydroxyl groups is 1. The van der Waals surface area contributed by atoms with Crippen LogP contribution in [0.1, 0.15) is 26.7 Å². The van der Waals surface area contributed by atoms with Crippen LogP contribution in [-0.2, 0) is 4.74 Å². The molecule has 1 aliphatic rings. The molecule has 0 aromatic heterocycles. The molecular formula is C9H19NO2. The fourth-order valence-corrected chi connectivity index (χ4v) is 1.59. The van der Waals surface area contributed by atoms with Crippen LogP contribution in [0.15, 0.2) is 0 Å². The Labute approximate surface area is 74.1 Å². The molecule has 1 saturated heterocycles. The van der Waals surface area contributed by atoms with Gasteiger partial charge >= 0.3 is 0 Å². The van der Waals surface area contributed by atoms with Crippen LogP contribution >= 0.6 is 0 Å². The Morgan fingerprint density at radius 2 is 2.42 bits per heavy atom. The molecule has 0 radical (unpaired) electrons. The van der Waals surface area contributed by atoms with E-state index in [1.807, 2.05) is 0 Å². The first-order valence-electron chi connectivity index (χ1n) is 4.72. The third kappa shape index (κ3) is 2.73. The zero-order valence-corrected chi connectivity index (χ0v) is 7.92. The number of rotatable bonds is 4. The van der Waals surface area contributed by atoms with E-state index in [-0.39, 0.29) is 6.61 Å². The van der Waals surface area contributed by atoms with Gasteiger partial charge in [0.25, 0.3) is 0 Å². The van der Waals surface area contributed by atoms with Gasteiger partial charge in [-0.15, -0.1) is 0 Å². The van der Waals surface area contributed by atoms with E-state index >= 15 is 0 Å². The average molecular weight is 173 g/mol. The molecule has 0 aromatic carbocycles. The molecule has 12 heavy (non-hydrogen) atoms. The maximum absolute atomic E-state index is 8.71. The maximum Gasteiger partial charge on any atom is 0.0700 e. The summed E-state index contributed by atoms with van der Waals surface area (Å²) in [4.78, 5) is 0. The van der Waals surface area contributed by atoms with E-state index in [4.69, 9.17) is 9.84 Å². The summed E-state index contributed by atoms with van der Waals surface area (Å²) in [5.41, 5.74) is 0. The Balaban J connectivity index is 2.20. The Morgan fingerprint density at radius 1 is 1.67 bits per heavy atom. The van der Waals surface area contributed by atoms with Crippen LogP contribution in [0.3, 0.4) is 0 Å². The predicted molar refractivity (Wildman–Crippen MR) is 48.1 cm³/mol. The minimum Gasteiger partial charge on any atom is -0.396 e. The second-order valence-corrected chi connectivity index (χ2v) is 3.55. The second-order valence-electron chi connectivity index (χ2n) is 3.55. The van der Waals surface area contributed by atoms with Crippen LogP contribution in [0.2, 0.25) is 0 Å². The molecular weight excluding hydrogens is 154 g/mol.